The van der Waals surface area contributed by atoms with Gasteiger partial charge in [0.15, 0.2) is 0 Å². The molecule has 2 aromatic rings. The maximum Gasteiger partial charge on any atom is 0.340 e. The van der Waals surface area contributed by atoms with Gasteiger partial charge in [-0.3, -0.25) is 4.79 Å². The van der Waals surface area contributed by atoms with Crippen LogP contribution in [0.1, 0.15) is 58.7 Å². The van der Waals surface area contributed by atoms with Gasteiger partial charge in [0.2, 0.25) is 5.56 Å². The molecule has 0 bridgehead atoms. The van der Waals surface area contributed by atoms with Crippen molar-refractivity contribution in [2.24, 2.45) is 7.05 Å². The van der Waals surface area contributed by atoms with Crippen molar-refractivity contribution in [3.63, 3.8) is 0 Å². The summed E-state index contributed by atoms with van der Waals surface area (Å²) in [5, 5.41) is 1.04. The largest absolute Gasteiger partial charge is 0.453 e. The van der Waals surface area contributed by atoms with E-state index in [0.29, 0.717) is 11.5 Å². The summed E-state index contributed by atoms with van der Waals surface area (Å²) in [6.45, 7) is 7.94. The highest BCUT2D eigenvalue weighted by atomic mass is 32.1. The van der Waals surface area contributed by atoms with Gasteiger partial charge in [-0.15, -0.1) is 11.3 Å². The molecular formula is C16H20N2O3S. The van der Waals surface area contributed by atoms with Crippen molar-refractivity contribution < 1.29 is 9.53 Å². The quantitative estimate of drug-likeness (QED) is 0.812. The number of hydrogen-bond donors (Lipinski definition) is 0. The number of thiazole rings is 1. The number of aryl methyl sites for hydroxylation is 2. The summed E-state index contributed by atoms with van der Waals surface area (Å²) in [6, 6.07) is 2.84. The van der Waals surface area contributed by atoms with Crippen molar-refractivity contribution in [1.82, 2.24) is 9.55 Å². The van der Waals surface area contributed by atoms with Crippen molar-refractivity contribution in [2.45, 2.75) is 39.7 Å². The third-order valence-electron chi connectivity index (χ3n) is 3.32. The first kappa shape index (κ1) is 16.4. The Bertz CT molecular complexity index is 746. The van der Waals surface area contributed by atoms with Crippen LogP contribution in [-0.4, -0.2) is 15.5 Å². The summed E-state index contributed by atoms with van der Waals surface area (Å²) in [5.41, 5.74) is 1.10. The van der Waals surface area contributed by atoms with Gasteiger partial charge in [-0.2, -0.15) is 0 Å². The molecular weight excluding hydrogens is 300 g/mol. The Morgan fingerprint density at radius 1 is 1.32 bits per heavy atom. The minimum Gasteiger partial charge on any atom is -0.453 e. The molecule has 0 aliphatic rings. The molecule has 0 amide bonds. The molecule has 0 aliphatic heterocycles. The summed E-state index contributed by atoms with van der Waals surface area (Å²) in [5.74, 6) is -0.0917. The molecule has 0 saturated carbocycles. The molecule has 1 atom stereocenters. The molecule has 0 N–H and O–H groups in total. The van der Waals surface area contributed by atoms with Crippen molar-refractivity contribution in [1.29, 1.82) is 0 Å². The first-order valence-electron chi connectivity index (χ1n) is 7.14. The lowest BCUT2D eigenvalue weighted by atomic mass is 10.2. The van der Waals surface area contributed by atoms with Crippen LogP contribution in [0.25, 0.3) is 0 Å². The average Bonchev–Trinajstić information content (AvgIpc) is 2.84. The molecule has 5 nitrogen and oxygen atoms in total. The molecule has 0 spiro atoms. The van der Waals surface area contributed by atoms with Crippen molar-refractivity contribution in [3.8, 4) is 0 Å². The molecule has 2 heterocycles. The number of rotatable bonds is 4. The van der Waals surface area contributed by atoms with Crippen molar-refractivity contribution >= 4 is 17.3 Å². The molecule has 22 heavy (non-hydrogen) atoms. The van der Waals surface area contributed by atoms with Gasteiger partial charge in [-0.05, 0) is 19.9 Å². The van der Waals surface area contributed by atoms with E-state index < -0.39 is 5.97 Å². The number of pyridine rings is 1. The summed E-state index contributed by atoms with van der Waals surface area (Å²) >= 11 is 1.57. The van der Waals surface area contributed by atoms with Crippen LogP contribution in [0.3, 0.4) is 0 Å². The zero-order valence-corrected chi connectivity index (χ0v) is 14.2. The molecule has 6 heteroatoms. The summed E-state index contributed by atoms with van der Waals surface area (Å²) < 4.78 is 6.86. The topological polar surface area (TPSA) is 61.2 Å². The predicted octanol–water partition coefficient (Wildman–Crippen LogP) is 3.19. The van der Waals surface area contributed by atoms with Crippen molar-refractivity contribution in [2.75, 3.05) is 0 Å². The fraction of sp³-hybridized carbons (Fsp3) is 0.438. The van der Waals surface area contributed by atoms with Crippen LogP contribution >= 0.6 is 11.3 Å². The SMILES string of the molecule is Cc1nc(C(C)C)sc1C(C)OC(=O)c1ccc(=O)n(C)c1. The number of esters is 1. The van der Waals surface area contributed by atoms with E-state index in [1.54, 1.807) is 18.4 Å². The van der Waals surface area contributed by atoms with Gasteiger partial charge < -0.3 is 9.30 Å². The highest BCUT2D eigenvalue weighted by molar-refractivity contribution is 7.11. The van der Waals surface area contributed by atoms with Gasteiger partial charge in [0.1, 0.15) is 6.10 Å². The van der Waals surface area contributed by atoms with E-state index >= 15 is 0 Å². The lowest BCUT2D eigenvalue weighted by Crippen LogP contribution is -2.18. The zero-order chi connectivity index (χ0) is 16.4. The molecule has 0 saturated heterocycles. The number of hydrogen-bond acceptors (Lipinski definition) is 5. The van der Waals surface area contributed by atoms with E-state index in [-0.39, 0.29) is 11.7 Å². The van der Waals surface area contributed by atoms with Gasteiger partial charge in [0, 0.05) is 25.2 Å². The first-order chi connectivity index (χ1) is 10.3. The van der Waals surface area contributed by atoms with E-state index in [2.05, 4.69) is 18.8 Å². The molecule has 0 aliphatic carbocycles. The maximum absolute atomic E-state index is 12.2. The smallest absolute Gasteiger partial charge is 0.340 e. The summed E-state index contributed by atoms with van der Waals surface area (Å²) in [7, 11) is 1.60. The van der Waals surface area contributed by atoms with Crippen LogP contribution in [0, 0.1) is 6.92 Å². The third-order valence-corrected chi connectivity index (χ3v) is 4.94. The highest BCUT2D eigenvalue weighted by Crippen LogP contribution is 2.31. The second kappa shape index (κ2) is 6.44. The second-order valence-electron chi connectivity index (χ2n) is 5.57. The molecule has 118 valence electrons. The number of carbonyl (C=O) groups excluding carboxylic acids is 1. The molecule has 2 aromatic heterocycles. The number of nitrogens with zero attached hydrogens (tertiary/aromatic N) is 2. The number of ether oxygens (including phenoxy) is 1. The predicted molar refractivity (Wildman–Crippen MR) is 86.5 cm³/mol. The fourth-order valence-electron chi connectivity index (χ4n) is 2.05. The van der Waals surface area contributed by atoms with Crippen LogP contribution in [-0.2, 0) is 11.8 Å². The van der Waals surface area contributed by atoms with Crippen LogP contribution in [0.15, 0.2) is 23.1 Å². The van der Waals surface area contributed by atoms with Gasteiger partial charge >= 0.3 is 5.97 Å². The van der Waals surface area contributed by atoms with Crippen LogP contribution in [0.4, 0.5) is 0 Å². The Balaban J connectivity index is 2.17. The van der Waals surface area contributed by atoms with Crippen LogP contribution in [0.2, 0.25) is 0 Å². The van der Waals surface area contributed by atoms with Gasteiger partial charge in [-0.1, -0.05) is 13.8 Å². The van der Waals surface area contributed by atoms with Crippen molar-refractivity contribution in [3.05, 3.63) is 49.8 Å². The Morgan fingerprint density at radius 2 is 2.00 bits per heavy atom. The molecule has 0 radical (unpaired) electrons. The van der Waals surface area contributed by atoms with E-state index in [4.69, 9.17) is 4.74 Å². The normalized spacial score (nSPS) is 12.5. The average molecular weight is 320 g/mol. The first-order valence-corrected chi connectivity index (χ1v) is 7.96. The summed E-state index contributed by atoms with van der Waals surface area (Å²) in [4.78, 5) is 29.0. The minimum atomic E-state index is -0.443. The molecule has 1 unspecified atom stereocenters. The lowest BCUT2D eigenvalue weighted by Gasteiger charge is -2.12. The van der Waals surface area contributed by atoms with Crippen LogP contribution < -0.4 is 5.56 Å². The van der Waals surface area contributed by atoms with Crippen LogP contribution in [0.5, 0.6) is 0 Å². The second-order valence-corrected chi connectivity index (χ2v) is 6.63. The van der Waals surface area contributed by atoms with Gasteiger partial charge in [0.05, 0.1) is 21.1 Å². The maximum atomic E-state index is 12.2. The number of carbonyl (C=O) groups is 1. The zero-order valence-electron chi connectivity index (χ0n) is 13.4. The summed E-state index contributed by atoms with van der Waals surface area (Å²) in [6.07, 6.45) is 1.12. The Hall–Kier alpha value is -1.95. The molecule has 0 aromatic carbocycles. The Morgan fingerprint density at radius 3 is 2.55 bits per heavy atom. The monoisotopic (exact) mass is 320 g/mol. The van der Waals surface area contributed by atoms with Gasteiger partial charge in [0.25, 0.3) is 0 Å². The highest BCUT2D eigenvalue weighted by Gasteiger charge is 2.20. The molecule has 2 rings (SSSR count). The standard InChI is InChI=1S/C16H20N2O3S/c1-9(2)15-17-10(3)14(22-15)11(4)21-16(20)12-6-7-13(19)18(5)8-12/h6-9,11H,1-5H3. The lowest BCUT2D eigenvalue weighted by molar-refractivity contribution is 0.0342. The van der Waals surface area contributed by atoms with E-state index in [9.17, 15) is 9.59 Å². The van der Waals surface area contributed by atoms with E-state index in [0.717, 1.165) is 15.6 Å². The minimum absolute atomic E-state index is 0.163. The van der Waals surface area contributed by atoms with E-state index in [1.165, 1.54) is 22.9 Å². The van der Waals surface area contributed by atoms with E-state index in [1.807, 2.05) is 13.8 Å². The van der Waals surface area contributed by atoms with Gasteiger partial charge in [-0.25, -0.2) is 9.78 Å². The molecule has 0 fully saturated rings. The number of aromatic nitrogens is 2. The Labute approximate surface area is 133 Å². The fourth-order valence-corrected chi connectivity index (χ4v) is 3.10. The Kier molecular flexibility index (Phi) is 4.81. The third kappa shape index (κ3) is 3.44.